The van der Waals surface area contributed by atoms with Crippen molar-refractivity contribution in [3.05, 3.63) is 47.3 Å². The summed E-state index contributed by atoms with van der Waals surface area (Å²) in [6.45, 7) is 5.67. The number of nitrogens with one attached hydrogen (secondary N) is 1. The first-order chi connectivity index (χ1) is 8.01. The quantitative estimate of drug-likeness (QED) is 0.361. The topological polar surface area (TPSA) is 38.0 Å². The molecule has 17 heavy (non-hydrogen) atoms. The van der Waals surface area contributed by atoms with E-state index >= 15 is 0 Å². The molecular weight excluding hydrogens is 229 g/mol. The molecule has 0 saturated heterocycles. The van der Waals surface area contributed by atoms with E-state index in [0.717, 1.165) is 11.6 Å². The van der Waals surface area contributed by atoms with Crippen LogP contribution in [0.15, 0.2) is 24.3 Å². The van der Waals surface area contributed by atoms with Gasteiger partial charge >= 0.3 is 0 Å². The van der Waals surface area contributed by atoms with Gasteiger partial charge in [0.1, 0.15) is 0 Å². The number of benzene rings is 1. The van der Waals surface area contributed by atoms with Crippen molar-refractivity contribution in [1.82, 2.24) is 5.43 Å². The summed E-state index contributed by atoms with van der Waals surface area (Å²) in [4.78, 5) is 0. The summed E-state index contributed by atoms with van der Waals surface area (Å²) in [6, 6.07) is 1.45. The van der Waals surface area contributed by atoms with Crippen LogP contribution in [-0.2, 0) is 0 Å². The summed E-state index contributed by atoms with van der Waals surface area (Å²) in [5.74, 6) is 1.39. The van der Waals surface area contributed by atoms with Crippen molar-refractivity contribution in [2.75, 3.05) is 0 Å². The van der Waals surface area contributed by atoms with Gasteiger partial charge in [-0.05, 0) is 18.9 Å². The molecule has 0 aliphatic carbocycles. The summed E-state index contributed by atoms with van der Waals surface area (Å²) >= 11 is 0. The molecule has 0 aliphatic heterocycles. The molecule has 0 heterocycles. The Morgan fingerprint density at radius 2 is 2.00 bits per heavy atom. The van der Waals surface area contributed by atoms with Crippen molar-refractivity contribution in [1.29, 1.82) is 0 Å². The number of hydrogen-bond acceptors (Lipinski definition) is 2. The van der Waals surface area contributed by atoms with Crippen LogP contribution in [0.2, 0.25) is 0 Å². The highest BCUT2D eigenvalue weighted by Crippen LogP contribution is 2.25. The number of hydrazine groups is 1. The standard InChI is InChI=1S/C12H15F3N2/c1-3-7(2)6-10(17-16)8-4-5-9(13)12(15)11(8)14/h4-5,10,17H,2-3,6,16H2,1H3. The van der Waals surface area contributed by atoms with Gasteiger partial charge in [0.15, 0.2) is 17.5 Å². The highest BCUT2D eigenvalue weighted by atomic mass is 19.2. The Morgan fingerprint density at radius 3 is 2.53 bits per heavy atom. The smallest absolute Gasteiger partial charge is 0.194 e. The molecule has 0 aromatic heterocycles. The van der Waals surface area contributed by atoms with E-state index in [0.29, 0.717) is 12.8 Å². The Bertz CT molecular complexity index is 418. The van der Waals surface area contributed by atoms with Crippen LogP contribution >= 0.6 is 0 Å². The highest BCUT2D eigenvalue weighted by molar-refractivity contribution is 5.24. The summed E-state index contributed by atoms with van der Waals surface area (Å²) in [6.07, 6.45) is 1.08. The Hall–Kier alpha value is -1.33. The van der Waals surface area contributed by atoms with Crippen molar-refractivity contribution in [3.8, 4) is 0 Å². The first-order valence-corrected chi connectivity index (χ1v) is 5.27. The van der Waals surface area contributed by atoms with Gasteiger partial charge in [-0.1, -0.05) is 25.1 Å². The van der Waals surface area contributed by atoms with Crippen LogP contribution in [0.5, 0.6) is 0 Å². The molecule has 0 amide bonds. The molecule has 1 aromatic carbocycles. The van der Waals surface area contributed by atoms with Crippen LogP contribution in [0.4, 0.5) is 13.2 Å². The average Bonchev–Trinajstić information content (AvgIpc) is 2.33. The molecular formula is C12H15F3N2. The van der Waals surface area contributed by atoms with E-state index in [-0.39, 0.29) is 5.56 Å². The lowest BCUT2D eigenvalue weighted by atomic mass is 9.98. The van der Waals surface area contributed by atoms with E-state index < -0.39 is 23.5 Å². The zero-order valence-electron chi connectivity index (χ0n) is 9.56. The fraction of sp³-hybridized carbons (Fsp3) is 0.333. The van der Waals surface area contributed by atoms with E-state index in [1.165, 1.54) is 6.07 Å². The predicted molar refractivity (Wildman–Crippen MR) is 60.4 cm³/mol. The van der Waals surface area contributed by atoms with E-state index in [1.807, 2.05) is 6.92 Å². The maximum Gasteiger partial charge on any atom is 0.194 e. The molecule has 94 valence electrons. The zero-order chi connectivity index (χ0) is 13.0. The molecule has 0 bridgehead atoms. The Kier molecular flexibility index (Phi) is 4.72. The molecule has 0 spiro atoms. The largest absolute Gasteiger partial charge is 0.271 e. The average molecular weight is 244 g/mol. The predicted octanol–water partition coefficient (Wildman–Crippen LogP) is 2.96. The minimum absolute atomic E-state index is 0.000926. The van der Waals surface area contributed by atoms with Gasteiger partial charge in [0.05, 0.1) is 6.04 Å². The second-order valence-electron chi connectivity index (χ2n) is 3.79. The molecule has 1 aromatic rings. The molecule has 0 fully saturated rings. The molecule has 0 radical (unpaired) electrons. The Balaban J connectivity index is 3.04. The lowest BCUT2D eigenvalue weighted by Crippen LogP contribution is -2.29. The number of hydrogen-bond donors (Lipinski definition) is 2. The third-order valence-electron chi connectivity index (χ3n) is 2.63. The zero-order valence-corrected chi connectivity index (χ0v) is 9.56. The minimum Gasteiger partial charge on any atom is -0.271 e. The van der Waals surface area contributed by atoms with Gasteiger partial charge in [-0.15, -0.1) is 0 Å². The summed E-state index contributed by atoms with van der Waals surface area (Å²) in [5.41, 5.74) is 3.23. The van der Waals surface area contributed by atoms with Crippen LogP contribution in [0.1, 0.15) is 31.4 Å². The van der Waals surface area contributed by atoms with Crippen molar-refractivity contribution in [2.45, 2.75) is 25.8 Å². The monoisotopic (exact) mass is 244 g/mol. The van der Waals surface area contributed by atoms with Crippen molar-refractivity contribution in [3.63, 3.8) is 0 Å². The first-order valence-electron chi connectivity index (χ1n) is 5.27. The molecule has 1 atom stereocenters. The molecule has 0 saturated carbocycles. The fourth-order valence-corrected chi connectivity index (χ4v) is 1.50. The third kappa shape index (κ3) is 3.08. The van der Waals surface area contributed by atoms with Gasteiger partial charge < -0.3 is 0 Å². The van der Waals surface area contributed by atoms with Crippen molar-refractivity contribution in [2.24, 2.45) is 5.84 Å². The van der Waals surface area contributed by atoms with Gasteiger partial charge in [0, 0.05) is 5.56 Å². The van der Waals surface area contributed by atoms with Crippen molar-refractivity contribution < 1.29 is 13.2 Å². The first kappa shape index (κ1) is 13.7. The van der Waals surface area contributed by atoms with Crippen molar-refractivity contribution >= 4 is 0 Å². The molecule has 2 nitrogen and oxygen atoms in total. The summed E-state index contributed by atoms with van der Waals surface area (Å²) < 4.78 is 39.4. The number of halogens is 3. The second kappa shape index (κ2) is 5.84. The van der Waals surface area contributed by atoms with E-state index in [1.54, 1.807) is 0 Å². The van der Waals surface area contributed by atoms with Gasteiger partial charge in [-0.2, -0.15) is 0 Å². The van der Waals surface area contributed by atoms with E-state index in [9.17, 15) is 13.2 Å². The Labute approximate surface area is 98.3 Å². The lowest BCUT2D eigenvalue weighted by Gasteiger charge is -2.18. The number of rotatable bonds is 5. The van der Waals surface area contributed by atoms with E-state index in [2.05, 4.69) is 12.0 Å². The molecule has 5 heteroatoms. The van der Waals surface area contributed by atoms with Gasteiger partial charge in [-0.3, -0.25) is 11.3 Å². The third-order valence-corrected chi connectivity index (χ3v) is 2.63. The summed E-state index contributed by atoms with van der Waals surface area (Å²) in [7, 11) is 0. The molecule has 3 N–H and O–H groups in total. The SMILES string of the molecule is C=C(CC)CC(NN)c1ccc(F)c(F)c1F. The van der Waals surface area contributed by atoms with Crippen LogP contribution < -0.4 is 11.3 Å². The second-order valence-corrected chi connectivity index (χ2v) is 3.79. The number of nitrogens with two attached hydrogens (primary N) is 1. The van der Waals surface area contributed by atoms with E-state index in [4.69, 9.17) is 5.84 Å². The minimum atomic E-state index is -1.48. The fourth-order valence-electron chi connectivity index (χ4n) is 1.50. The lowest BCUT2D eigenvalue weighted by molar-refractivity contribution is 0.424. The maximum atomic E-state index is 13.5. The molecule has 0 aliphatic rings. The van der Waals surface area contributed by atoms with Crippen LogP contribution in [0.3, 0.4) is 0 Å². The highest BCUT2D eigenvalue weighted by Gasteiger charge is 2.20. The van der Waals surface area contributed by atoms with Gasteiger partial charge in [0.2, 0.25) is 0 Å². The summed E-state index contributed by atoms with van der Waals surface area (Å²) in [5, 5.41) is 0. The Morgan fingerprint density at radius 1 is 1.35 bits per heavy atom. The van der Waals surface area contributed by atoms with Gasteiger partial charge in [-0.25, -0.2) is 13.2 Å². The van der Waals surface area contributed by atoms with Crippen LogP contribution in [0, 0.1) is 17.5 Å². The van der Waals surface area contributed by atoms with Crippen LogP contribution in [-0.4, -0.2) is 0 Å². The molecule has 1 unspecified atom stereocenters. The normalized spacial score (nSPS) is 12.5. The molecule has 1 rings (SSSR count). The maximum absolute atomic E-state index is 13.5. The van der Waals surface area contributed by atoms with Crippen LogP contribution in [0.25, 0.3) is 0 Å². The van der Waals surface area contributed by atoms with Gasteiger partial charge in [0.25, 0.3) is 0 Å².